The third-order valence-electron chi connectivity index (χ3n) is 3.18. The van der Waals surface area contributed by atoms with Gasteiger partial charge >= 0.3 is 11.5 Å². The van der Waals surface area contributed by atoms with Gasteiger partial charge in [0.05, 0.1) is 10.5 Å². The van der Waals surface area contributed by atoms with Crippen LogP contribution in [0.3, 0.4) is 0 Å². The van der Waals surface area contributed by atoms with Crippen molar-refractivity contribution in [1.29, 1.82) is 0 Å². The Balaban J connectivity index is 2.19. The zero-order valence-corrected chi connectivity index (χ0v) is 9.95. The molecule has 0 fully saturated rings. The maximum atomic E-state index is 13.7. The summed E-state index contributed by atoms with van der Waals surface area (Å²) in [5.74, 6) is -1.05. The lowest BCUT2D eigenvalue weighted by atomic mass is 9.99. The Hall–Kier alpha value is -2.84. The molecule has 0 radical (unpaired) electrons. The summed E-state index contributed by atoms with van der Waals surface area (Å²) in [4.78, 5) is 23.8. The fraction of sp³-hybridized carbons (Fsp3) is 0.182. The van der Waals surface area contributed by atoms with E-state index < -0.39 is 21.4 Å². The van der Waals surface area contributed by atoms with E-state index in [1.54, 1.807) is 4.57 Å². The van der Waals surface area contributed by atoms with Crippen LogP contribution in [0.4, 0.5) is 15.9 Å². The van der Waals surface area contributed by atoms with Gasteiger partial charge in [0.2, 0.25) is 5.82 Å². The van der Waals surface area contributed by atoms with Gasteiger partial charge in [0.25, 0.3) is 5.82 Å². The van der Waals surface area contributed by atoms with E-state index in [0.29, 0.717) is 24.1 Å². The molecule has 0 bridgehead atoms. The lowest BCUT2D eigenvalue weighted by Crippen LogP contribution is -2.11. The summed E-state index contributed by atoms with van der Waals surface area (Å²) in [5, 5.41) is 21.4. The van der Waals surface area contributed by atoms with Crippen molar-refractivity contribution in [2.75, 3.05) is 0 Å². The normalized spacial score (nSPS) is 12.7. The second-order valence-electron chi connectivity index (χ2n) is 4.34. The average molecular weight is 278 g/mol. The van der Waals surface area contributed by atoms with Gasteiger partial charge in [-0.25, -0.2) is 0 Å². The first kappa shape index (κ1) is 12.2. The third-order valence-corrected chi connectivity index (χ3v) is 3.18. The Kier molecular flexibility index (Phi) is 2.49. The Bertz CT molecular complexity index is 755. The highest BCUT2D eigenvalue weighted by atomic mass is 19.1. The van der Waals surface area contributed by atoms with Crippen molar-refractivity contribution >= 4 is 11.5 Å². The minimum Gasteiger partial charge on any atom is -0.358 e. The van der Waals surface area contributed by atoms with Gasteiger partial charge in [0.1, 0.15) is 6.20 Å². The first-order valence-corrected chi connectivity index (χ1v) is 5.66. The van der Waals surface area contributed by atoms with Crippen LogP contribution in [0.5, 0.6) is 0 Å². The molecule has 2 aromatic rings. The highest BCUT2D eigenvalue weighted by molar-refractivity contribution is 5.66. The molecule has 0 unspecified atom stereocenters. The number of imidazole rings is 1. The van der Waals surface area contributed by atoms with Gasteiger partial charge in [-0.05, 0) is 28.0 Å². The first-order valence-electron chi connectivity index (χ1n) is 5.66. The van der Waals surface area contributed by atoms with E-state index in [9.17, 15) is 24.6 Å². The molecule has 2 heterocycles. The number of hydrogen-bond donors (Lipinski definition) is 0. The van der Waals surface area contributed by atoms with Crippen molar-refractivity contribution in [2.24, 2.45) is 0 Å². The Morgan fingerprint density at radius 2 is 2.00 bits per heavy atom. The molecule has 3 rings (SSSR count). The van der Waals surface area contributed by atoms with E-state index in [1.807, 2.05) is 0 Å². The maximum Gasteiger partial charge on any atom is 0.382 e. The van der Waals surface area contributed by atoms with E-state index in [-0.39, 0.29) is 11.6 Å². The second kappa shape index (κ2) is 4.08. The predicted octanol–water partition coefficient (Wildman–Crippen LogP) is 2.06. The van der Waals surface area contributed by atoms with Crippen LogP contribution >= 0.6 is 0 Å². The standard InChI is InChI=1S/C11H7FN4O4/c12-8-4-7-6(3-9(8)15(17)18)1-2-14-5-10(16(19)20)13-11(7)14/h3-5H,1-2H2. The maximum absolute atomic E-state index is 13.7. The number of nitrogens with zero attached hydrogens (tertiary/aromatic N) is 4. The minimum absolute atomic E-state index is 0.256. The molecular weight excluding hydrogens is 271 g/mol. The fourth-order valence-corrected chi connectivity index (χ4v) is 2.28. The molecule has 102 valence electrons. The number of hydrogen-bond acceptors (Lipinski definition) is 5. The van der Waals surface area contributed by atoms with E-state index in [1.165, 1.54) is 6.20 Å². The predicted molar refractivity (Wildman–Crippen MR) is 64.6 cm³/mol. The van der Waals surface area contributed by atoms with Gasteiger partial charge in [-0.1, -0.05) is 0 Å². The van der Waals surface area contributed by atoms with Crippen LogP contribution in [0, 0.1) is 26.0 Å². The van der Waals surface area contributed by atoms with Crippen molar-refractivity contribution in [3.05, 3.63) is 49.9 Å². The SMILES string of the molecule is O=[N+]([O-])c1cn2c(n1)-c1cc(F)c([N+](=O)[O-])cc1CC2. The fourth-order valence-electron chi connectivity index (χ4n) is 2.28. The number of aryl methyl sites for hydroxylation is 2. The number of rotatable bonds is 2. The van der Waals surface area contributed by atoms with E-state index in [4.69, 9.17) is 0 Å². The zero-order valence-electron chi connectivity index (χ0n) is 9.95. The molecule has 0 saturated heterocycles. The van der Waals surface area contributed by atoms with E-state index in [2.05, 4.69) is 4.98 Å². The number of benzene rings is 1. The van der Waals surface area contributed by atoms with E-state index >= 15 is 0 Å². The summed E-state index contributed by atoms with van der Waals surface area (Å²) in [5.41, 5.74) is 0.316. The number of nitro benzene ring substituents is 1. The van der Waals surface area contributed by atoms with Crippen LogP contribution in [0.1, 0.15) is 5.56 Å². The molecule has 8 nitrogen and oxygen atoms in total. The average Bonchev–Trinajstić information content (AvgIpc) is 2.82. The molecule has 0 aliphatic carbocycles. The molecule has 1 aliphatic rings. The molecule has 20 heavy (non-hydrogen) atoms. The molecule has 0 spiro atoms. The number of nitro groups is 2. The molecular formula is C11H7FN4O4. The summed E-state index contributed by atoms with van der Waals surface area (Å²) in [6, 6.07) is 2.17. The Labute approximate surface area is 110 Å². The van der Waals surface area contributed by atoms with Crippen LogP contribution in [-0.2, 0) is 13.0 Å². The quantitative estimate of drug-likeness (QED) is 0.617. The van der Waals surface area contributed by atoms with E-state index in [0.717, 1.165) is 12.1 Å². The van der Waals surface area contributed by atoms with Crippen LogP contribution in [0.15, 0.2) is 18.3 Å². The molecule has 1 aromatic heterocycles. The molecule has 1 aliphatic heterocycles. The van der Waals surface area contributed by atoms with Crippen LogP contribution < -0.4 is 0 Å². The van der Waals surface area contributed by atoms with Crippen LogP contribution in [0.2, 0.25) is 0 Å². The Morgan fingerprint density at radius 1 is 1.25 bits per heavy atom. The summed E-state index contributed by atoms with van der Waals surface area (Å²) >= 11 is 0. The number of aromatic nitrogens is 2. The van der Waals surface area contributed by atoms with Gasteiger partial charge in [-0.2, -0.15) is 4.39 Å². The highest BCUT2D eigenvalue weighted by Crippen LogP contribution is 2.34. The van der Waals surface area contributed by atoms with Crippen molar-refractivity contribution in [3.8, 4) is 11.4 Å². The smallest absolute Gasteiger partial charge is 0.358 e. The third kappa shape index (κ3) is 1.71. The van der Waals surface area contributed by atoms with Crippen LogP contribution in [-0.4, -0.2) is 19.4 Å². The molecule has 0 saturated carbocycles. The largest absolute Gasteiger partial charge is 0.382 e. The monoisotopic (exact) mass is 278 g/mol. The van der Waals surface area contributed by atoms with Crippen LogP contribution in [0.25, 0.3) is 11.4 Å². The van der Waals surface area contributed by atoms with Gasteiger partial charge in [0, 0.05) is 12.6 Å². The summed E-state index contributed by atoms with van der Waals surface area (Å²) in [6.07, 6.45) is 1.70. The lowest BCUT2D eigenvalue weighted by Gasteiger charge is -2.14. The summed E-state index contributed by atoms with van der Waals surface area (Å²) in [7, 11) is 0. The first-order chi connectivity index (χ1) is 9.47. The van der Waals surface area contributed by atoms with Crippen molar-refractivity contribution in [3.63, 3.8) is 0 Å². The minimum atomic E-state index is -0.979. The second-order valence-corrected chi connectivity index (χ2v) is 4.34. The molecule has 1 aromatic carbocycles. The topological polar surface area (TPSA) is 104 Å². The molecule has 0 amide bonds. The zero-order chi connectivity index (χ0) is 14.4. The van der Waals surface area contributed by atoms with Gasteiger partial charge in [0.15, 0.2) is 0 Å². The molecule has 0 N–H and O–H groups in total. The summed E-state index contributed by atoms with van der Waals surface area (Å²) in [6.45, 7) is 0.409. The van der Waals surface area contributed by atoms with Crippen molar-refractivity contribution in [1.82, 2.24) is 9.55 Å². The van der Waals surface area contributed by atoms with Crippen molar-refractivity contribution < 1.29 is 14.2 Å². The summed E-state index contributed by atoms with van der Waals surface area (Å²) < 4.78 is 15.2. The molecule has 0 atom stereocenters. The van der Waals surface area contributed by atoms with Crippen molar-refractivity contribution in [2.45, 2.75) is 13.0 Å². The lowest BCUT2D eigenvalue weighted by molar-refractivity contribution is -0.389. The highest BCUT2D eigenvalue weighted by Gasteiger charge is 2.29. The van der Waals surface area contributed by atoms with Gasteiger partial charge in [-0.15, -0.1) is 0 Å². The number of halogens is 1. The van der Waals surface area contributed by atoms with Gasteiger partial charge in [-0.3, -0.25) is 10.1 Å². The number of fused-ring (bicyclic) bond motifs is 3. The molecule has 9 heteroatoms. The van der Waals surface area contributed by atoms with Gasteiger partial charge < -0.3 is 14.7 Å². The Morgan fingerprint density at radius 3 is 2.65 bits per heavy atom.